The van der Waals surface area contributed by atoms with Gasteiger partial charge < -0.3 is 14.4 Å². The summed E-state index contributed by atoms with van der Waals surface area (Å²) in [6, 6.07) is 10.1. The molecule has 1 saturated heterocycles. The van der Waals surface area contributed by atoms with Gasteiger partial charge in [-0.15, -0.1) is 0 Å². The summed E-state index contributed by atoms with van der Waals surface area (Å²) in [7, 11) is 0. The monoisotopic (exact) mass is 390 g/mol. The second-order valence-corrected chi connectivity index (χ2v) is 6.88. The zero-order valence-corrected chi connectivity index (χ0v) is 14.8. The van der Waals surface area contributed by atoms with Crippen molar-refractivity contribution < 1.29 is 19.1 Å². The molecule has 1 fully saturated rings. The number of carbonyl (C=O) groups excluding carboxylic acids is 1. The molecule has 1 aliphatic rings. The lowest BCUT2D eigenvalue weighted by Gasteiger charge is -2.15. The first-order valence-electron chi connectivity index (χ1n) is 7.81. The first kappa shape index (κ1) is 16.9. The summed E-state index contributed by atoms with van der Waals surface area (Å²) < 4.78 is 5.79. The van der Waals surface area contributed by atoms with Crippen LogP contribution >= 0.6 is 23.2 Å². The third-order valence-electron chi connectivity index (χ3n) is 4.32. The summed E-state index contributed by atoms with van der Waals surface area (Å²) in [5.41, 5.74) is 2.22. The molecule has 4 rings (SSSR count). The normalized spacial score (nSPS) is 17.2. The van der Waals surface area contributed by atoms with E-state index in [9.17, 15) is 9.59 Å². The number of carboxylic acids is 1. The Morgan fingerprint density at radius 3 is 2.77 bits per heavy atom. The number of carboxylic acid groups (broad SMARTS) is 1. The molecule has 1 unspecified atom stereocenters. The number of amides is 1. The predicted molar refractivity (Wildman–Crippen MR) is 97.6 cm³/mol. The third-order valence-corrected chi connectivity index (χ3v) is 4.88. The maximum absolute atomic E-state index is 12.1. The Hall–Kier alpha value is -2.57. The van der Waals surface area contributed by atoms with E-state index in [2.05, 4.69) is 4.98 Å². The van der Waals surface area contributed by atoms with Gasteiger partial charge in [-0.3, -0.25) is 9.59 Å². The van der Waals surface area contributed by atoms with E-state index in [0.29, 0.717) is 38.3 Å². The summed E-state index contributed by atoms with van der Waals surface area (Å²) in [5, 5.41) is 10.1. The van der Waals surface area contributed by atoms with Crippen LogP contribution in [0.15, 0.2) is 40.8 Å². The summed E-state index contributed by atoms with van der Waals surface area (Å²) in [5.74, 6) is -1.58. The number of carbonyl (C=O) groups is 2. The highest BCUT2D eigenvalue weighted by molar-refractivity contribution is 6.35. The van der Waals surface area contributed by atoms with Crippen LogP contribution in [0.25, 0.3) is 22.6 Å². The third kappa shape index (κ3) is 2.91. The lowest BCUT2D eigenvalue weighted by Crippen LogP contribution is -2.25. The number of hydrogen-bond acceptors (Lipinski definition) is 4. The highest BCUT2D eigenvalue weighted by atomic mass is 35.5. The molecule has 1 aliphatic heterocycles. The molecule has 8 heteroatoms. The van der Waals surface area contributed by atoms with E-state index in [0.717, 1.165) is 0 Å². The van der Waals surface area contributed by atoms with E-state index >= 15 is 0 Å². The molecular weight excluding hydrogens is 379 g/mol. The number of aliphatic carboxylic acids is 1. The fraction of sp³-hybridized carbons (Fsp3) is 0.167. The number of hydrogen-bond donors (Lipinski definition) is 1. The number of aromatic nitrogens is 1. The molecular formula is C18H12Cl2N2O4. The van der Waals surface area contributed by atoms with Crippen LogP contribution in [0.2, 0.25) is 10.0 Å². The lowest BCUT2D eigenvalue weighted by molar-refractivity contribution is -0.141. The second kappa shape index (κ2) is 6.30. The summed E-state index contributed by atoms with van der Waals surface area (Å²) in [6.07, 6.45) is -0.00680. The fourth-order valence-corrected chi connectivity index (χ4v) is 3.35. The Bertz CT molecular complexity index is 1050. The van der Waals surface area contributed by atoms with Gasteiger partial charge in [-0.2, -0.15) is 0 Å². The standard InChI is InChI=1S/C18H12Cl2N2O4/c19-10-1-3-13(20)12(6-10)17-21-14-4-2-11(7-15(14)26-17)22-8-9(18(24)25)5-16(22)23/h1-4,6-7,9H,5,8H2,(H,24,25). The van der Waals surface area contributed by atoms with E-state index in [1.165, 1.54) is 4.90 Å². The molecule has 2 aromatic carbocycles. The molecule has 0 bridgehead atoms. The van der Waals surface area contributed by atoms with Gasteiger partial charge in [0.2, 0.25) is 11.8 Å². The topological polar surface area (TPSA) is 83.6 Å². The molecule has 1 N–H and O–H groups in total. The largest absolute Gasteiger partial charge is 0.481 e. The highest BCUT2D eigenvalue weighted by Gasteiger charge is 2.35. The van der Waals surface area contributed by atoms with Crippen molar-refractivity contribution in [2.24, 2.45) is 5.92 Å². The lowest BCUT2D eigenvalue weighted by atomic mass is 10.1. The fourth-order valence-electron chi connectivity index (χ4n) is 2.98. The van der Waals surface area contributed by atoms with Gasteiger partial charge in [0.1, 0.15) is 5.52 Å². The van der Waals surface area contributed by atoms with E-state index in [4.69, 9.17) is 32.7 Å². The van der Waals surface area contributed by atoms with Gasteiger partial charge in [0.05, 0.1) is 16.5 Å². The van der Waals surface area contributed by atoms with Crippen molar-refractivity contribution in [1.29, 1.82) is 0 Å². The molecule has 0 saturated carbocycles. The van der Waals surface area contributed by atoms with Crippen molar-refractivity contribution in [2.75, 3.05) is 11.4 Å². The molecule has 0 aliphatic carbocycles. The van der Waals surface area contributed by atoms with Gasteiger partial charge in [0.15, 0.2) is 5.58 Å². The number of halogens is 2. The van der Waals surface area contributed by atoms with Crippen LogP contribution in [0.3, 0.4) is 0 Å². The average Bonchev–Trinajstić information content (AvgIpc) is 3.19. The zero-order chi connectivity index (χ0) is 18.4. The minimum Gasteiger partial charge on any atom is -0.481 e. The quantitative estimate of drug-likeness (QED) is 0.722. The predicted octanol–water partition coefficient (Wildman–Crippen LogP) is 4.24. The molecule has 26 heavy (non-hydrogen) atoms. The Morgan fingerprint density at radius 1 is 1.23 bits per heavy atom. The summed E-state index contributed by atoms with van der Waals surface area (Å²) in [4.78, 5) is 29.1. The Kier molecular flexibility index (Phi) is 4.09. The smallest absolute Gasteiger partial charge is 0.308 e. The molecule has 1 atom stereocenters. The van der Waals surface area contributed by atoms with Gasteiger partial charge in [0.25, 0.3) is 0 Å². The second-order valence-electron chi connectivity index (χ2n) is 6.04. The number of fused-ring (bicyclic) bond motifs is 1. The van der Waals surface area contributed by atoms with E-state index in [1.807, 2.05) is 0 Å². The van der Waals surface area contributed by atoms with Crippen LogP contribution in [0, 0.1) is 5.92 Å². The molecule has 2 heterocycles. The van der Waals surface area contributed by atoms with E-state index in [1.54, 1.807) is 36.4 Å². The average molecular weight is 391 g/mol. The minimum atomic E-state index is -0.973. The molecule has 0 spiro atoms. The number of nitrogens with zero attached hydrogens (tertiary/aromatic N) is 2. The van der Waals surface area contributed by atoms with Crippen LogP contribution in [-0.2, 0) is 9.59 Å². The van der Waals surface area contributed by atoms with Gasteiger partial charge in [-0.25, -0.2) is 4.98 Å². The highest BCUT2D eigenvalue weighted by Crippen LogP contribution is 2.34. The maximum atomic E-state index is 12.1. The zero-order valence-electron chi connectivity index (χ0n) is 13.3. The van der Waals surface area contributed by atoms with Crippen LogP contribution in [-0.4, -0.2) is 28.5 Å². The van der Waals surface area contributed by atoms with Gasteiger partial charge >= 0.3 is 5.97 Å². The Labute approximate surface area is 157 Å². The Morgan fingerprint density at radius 2 is 2.04 bits per heavy atom. The van der Waals surface area contributed by atoms with Crippen molar-refractivity contribution in [2.45, 2.75) is 6.42 Å². The minimum absolute atomic E-state index is 0.00680. The number of benzene rings is 2. The van der Waals surface area contributed by atoms with Gasteiger partial charge in [-0.1, -0.05) is 23.2 Å². The molecule has 1 amide bonds. The molecule has 0 radical (unpaired) electrons. The maximum Gasteiger partial charge on any atom is 0.308 e. The van der Waals surface area contributed by atoms with Crippen molar-refractivity contribution in [3.05, 3.63) is 46.4 Å². The van der Waals surface area contributed by atoms with Crippen LogP contribution < -0.4 is 4.90 Å². The first-order chi connectivity index (χ1) is 12.4. The van der Waals surface area contributed by atoms with Crippen molar-refractivity contribution in [3.63, 3.8) is 0 Å². The first-order valence-corrected chi connectivity index (χ1v) is 8.57. The Balaban J connectivity index is 1.72. The molecule has 6 nitrogen and oxygen atoms in total. The molecule has 3 aromatic rings. The van der Waals surface area contributed by atoms with Crippen LogP contribution in [0.1, 0.15) is 6.42 Å². The van der Waals surface area contributed by atoms with E-state index < -0.39 is 11.9 Å². The van der Waals surface area contributed by atoms with Crippen LogP contribution in [0.5, 0.6) is 0 Å². The molecule has 132 valence electrons. The molecule has 1 aromatic heterocycles. The summed E-state index contributed by atoms with van der Waals surface area (Å²) in [6.45, 7) is 0.140. The van der Waals surface area contributed by atoms with Crippen molar-refractivity contribution in [1.82, 2.24) is 4.98 Å². The van der Waals surface area contributed by atoms with Crippen molar-refractivity contribution >= 4 is 51.9 Å². The number of anilines is 1. The number of rotatable bonds is 3. The van der Waals surface area contributed by atoms with Crippen LogP contribution in [0.4, 0.5) is 5.69 Å². The number of oxazole rings is 1. The van der Waals surface area contributed by atoms with E-state index in [-0.39, 0.29) is 18.9 Å². The van der Waals surface area contributed by atoms with Gasteiger partial charge in [0, 0.05) is 29.7 Å². The van der Waals surface area contributed by atoms with Gasteiger partial charge in [-0.05, 0) is 30.3 Å². The van der Waals surface area contributed by atoms with Crippen molar-refractivity contribution in [3.8, 4) is 11.5 Å². The SMILES string of the molecule is O=C(O)C1CC(=O)N(c2ccc3nc(-c4cc(Cl)ccc4Cl)oc3c2)C1. The summed E-state index contributed by atoms with van der Waals surface area (Å²) >= 11 is 12.2.